The molecule has 10 heteroatoms. The van der Waals surface area contributed by atoms with Crippen LogP contribution in [0, 0.1) is 13.8 Å². The number of aromatic amines is 1. The molecule has 1 N–H and O–H groups in total. The van der Waals surface area contributed by atoms with E-state index in [0.717, 1.165) is 6.08 Å². The molecule has 0 aliphatic heterocycles. The Morgan fingerprint density at radius 1 is 1.00 bits per heavy atom. The van der Waals surface area contributed by atoms with E-state index in [1.54, 1.807) is 46.8 Å². The van der Waals surface area contributed by atoms with E-state index in [4.69, 9.17) is 9.47 Å². The molecule has 0 atom stereocenters. The fourth-order valence-corrected chi connectivity index (χ4v) is 4.88. The fraction of sp³-hybridized carbons (Fsp3) is 0.375. The number of nitrogens with one attached hydrogen (secondary N) is 1. The normalized spacial score (nSPS) is 11.7. The molecular formula is C24H30N2O7S. The molecule has 34 heavy (non-hydrogen) atoms. The van der Waals surface area contributed by atoms with E-state index in [1.807, 2.05) is 0 Å². The summed E-state index contributed by atoms with van der Waals surface area (Å²) in [5, 5.41) is 0. The molecule has 1 heterocycles. The molecule has 0 saturated heterocycles. The highest BCUT2D eigenvalue weighted by Crippen LogP contribution is 2.20. The van der Waals surface area contributed by atoms with Crippen LogP contribution in [0.2, 0.25) is 0 Å². The summed E-state index contributed by atoms with van der Waals surface area (Å²) in [5.41, 5.74) is 2.01. The smallest absolute Gasteiger partial charge is 0.340 e. The third-order valence-corrected chi connectivity index (χ3v) is 7.24. The van der Waals surface area contributed by atoms with Crippen LogP contribution in [-0.2, 0) is 24.3 Å². The third-order valence-electron chi connectivity index (χ3n) is 5.18. The standard InChI is InChI=1S/C24H30N2O7S/c1-6-26(7-2)34(30,31)19-12-9-18(10-13-19)11-14-21(28)33-15-20(27)23-16(4)22(17(5)25-23)24(29)32-8-3/h9-14,25H,6-8,15H2,1-5H3. The summed E-state index contributed by atoms with van der Waals surface area (Å²) in [7, 11) is -3.56. The molecule has 2 rings (SSSR count). The van der Waals surface area contributed by atoms with Gasteiger partial charge >= 0.3 is 11.9 Å². The molecule has 184 valence electrons. The van der Waals surface area contributed by atoms with E-state index in [0.29, 0.717) is 35.5 Å². The number of esters is 2. The number of nitrogens with zero attached hydrogens (tertiary/aromatic N) is 1. The van der Waals surface area contributed by atoms with Gasteiger partial charge in [-0.3, -0.25) is 4.79 Å². The first-order valence-electron chi connectivity index (χ1n) is 10.9. The maximum atomic E-state index is 12.5. The van der Waals surface area contributed by atoms with Gasteiger partial charge in [-0.1, -0.05) is 26.0 Å². The van der Waals surface area contributed by atoms with Gasteiger partial charge in [0.05, 0.1) is 22.8 Å². The second-order valence-corrected chi connectivity index (χ2v) is 9.31. The van der Waals surface area contributed by atoms with Crippen molar-refractivity contribution in [2.75, 3.05) is 26.3 Å². The minimum absolute atomic E-state index is 0.167. The Bertz CT molecular complexity index is 1170. The molecule has 0 aliphatic rings. The highest BCUT2D eigenvalue weighted by atomic mass is 32.2. The van der Waals surface area contributed by atoms with E-state index in [9.17, 15) is 22.8 Å². The SMILES string of the molecule is CCOC(=O)c1c(C)[nH]c(C(=O)COC(=O)C=Cc2ccc(S(=O)(=O)N(CC)CC)cc2)c1C. The fourth-order valence-electron chi connectivity index (χ4n) is 3.42. The summed E-state index contributed by atoms with van der Waals surface area (Å²) in [5.74, 6) is -1.74. The van der Waals surface area contributed by atoms with Crippen molar-refractivity contribution in [3.8, 4) is 0 Å². The van der Waals surface area contributed by atoms with Crippen molar-refractivity contribution in [3.63, 3.8) is 0 Å². The molecule has 0 fully saturated rings. The highest BCUT2D eigenvalue weighted by Gasteiger charge is 2.23. The van der Waals surface area contributed by atoms with Crippen molar-refractivity contribution in [2.24, 2.45) is 0 Å². The van der Waals surface area contributed by atoms with Crippen LogP contribution in [-0.4, -0.2) is 61.7 Å². The Hall–Kier alpha value is -3.24. The number of aromatic nitrogens is 1. The van der Waals surface area contributed by atoms with Gasteiger partial charge in [0, 0.05) is 24.9 Å². The number of H-pyrrole nitrogens is 1. The van der Waals surface area contributed by atoms with Crippen LogP contribution in [0.25, 0.3) is 6.08 Å². The lowest BCUT2D eigenvalue weighted by Gasteiger charge is -2.18. The molecule has 0 aliphatic carbocycles. The maximum absolute atomic E-state index is 12.5. The van der Waals surface area contributed by atoms with Gasteiger partial charge < -0.3 is 14.5 Å². The van der Waals surface area contributed by atoms with Crippen molar-refractivity contribution in [2.45, 2.75) is 39.5 Å². The number of Topliss-reactive ketones (excluding diaryl/α,β-unsaturated/α-hetero) is 1. The quantitative estimate of drug-likeness (QED) is 0.291. The molecule has 0 unspecified atom stereocenters. The van der Waals surface area contributed by atoms with Gasteiger partial charge in [0.2, 0.25) is 15.8 Å². The molecule has 0 radical (unpaired) electrons. The lowest BCUT2D eigenvalue weighted by molar-refractivity contribution is -0.136. The van der Waals surface area contributed by atoms with Gasteiger partial charge in [-0.25, -0.2) is 18.0 Å². The van der Waals surface area contributed by atoms with Crippen LogP contribution in [0.4, 0.5) is 0 Å². The van der Waals surface area contributed by atoms with Crippen molar-refractivity contribution in [1.82, 2.24) is 9.29 Å². The number of ether oxygens (including phenoxy) is 2. The summed E-state index contributed by atoms with van der Waals surface area (Å²) in [4.78, 5) is 39.6. The number of hydrogen-bond donors (Lipinski definition) is 1. The van der Waals surface area contributed by atoms with Crippen LogP contribution in [0.5, 0.6) is 0 Å². The van der Waals surface area contributed by atoms with Crippen molar-refractivity contribution in [3.05, 3.63) is 58.4 Å². The highest BCUT2D eigenvalue weighted by molar-refractivity contribution is 7.89. The predicted molar refractivity (Wildman–Crippen MR) is 127 cm³/mol. The maximum Gasteiger partial charge on any atom is 0.340 e. The van der Waals surface area contributed by atoms with Gasteiger partial charge in [0.15, 0.2) is 6.61 Å². The largest absolute Gasteiger partial charge is 0.462 e. The topological polar surface area (TPSA) is 123 Å². The number of carbonyl (C=O) groups excluding carboxylic acids is 3. The lowest BCUT2D eigenvalue weighted by Crippen LogP contribution is -2.30. The van der Waals surface area contributed by atoms with Gasteiger partial charge in [0.1, 0.15) is 0 Å². The van der Waals surface area contributed by atoms with E-state index < -0.39 is 34.4 Å². The van der Waals surface area contributed by atoms with Crippen molar-refractivity contribution >= 4 is 33.8 Å². The zero-order valence-corrected chi connectivity index (χ0v) is 20.8. The monoisotopic (exact) mass is 490 g/mol. The Balaban J connectivity index is 2.01. The average molecular weight is 491 g/mol. The summed E-state index contributed by atoms with van der Waals surface area (Å²) in [6, 6.07) is 6.10. The average Bonchev–Trinajstić information content (AvgIpc) is 3.11. The lowest BCUT2D eigenvalue weighted by atomic mass is 10.1. The minimum atomic E-state index is -3.56. The van der Waals surface area contributed by atoms with Crippen LogP contribution < -0.4 is 0 Å². The van der Waals surface area contributed by atoms with Crippen LogP contribution >= 0.6 is 0 Å². The summed E-state index contributed by atoms with van der Waals surface area (Å²) >= 11 is 0. The second-order valence-electron chi connectivity index (χ2n) is 7.37. The Morgan fingerprint density at radius 2 is 1.62 bits per heavy atom. The number of benzene rings is 1. The first-order valence-corrected chi connectivity index (χ1v) is 12.3. The first kappa shape index (κ1) is 27.0. The zero-order chi connectivity index (χ0) is 25.5. The van der Waals surface area contributed by atoms with Crippen LogP contribution in [0.1, 0.15) is 58.4 Å². The second kappa shape index (κ2) is 11.8. The molecule has 1 aromatic carbocycles. The molecule has 0 bridgehead atoms. The minimum Gasteiger partial charge on any atom is -0.462 e. The zero-order valence-electron chi connectivity index (χ0n) is 20.0. The van der Waals surface area contributed by atoms with E-state index in [-0.39, 0.29) is 17.2 Å². The van der Waals surface area contributed by atoms with Gasteiger partial charge in [-0.15, -0.1) is 0 Å². The molecule has 9 nitrogen and oxygen atoms in total. The van der Waals surface area contributed by atoms with Gasteiger partial charge in [-0.05, 0) is 50.1 Å². The third kappa shape index (κ3) is 6.21. The van der Waals surface area contributed by atoms with Crippen molar-refractivity contribution < 1.29 is 32.3 Å². The number of carbonyl (C=O) groups is 3. The van der Waals surface area contributed by atoms with Crippen LogP contribution in [0.3, 0.4) is 0 Å². The molecule has 1 aromatic heterocycles. The van der Waals surface area contributed by atoms with Crippen molar-refractivity contribution in [1.29, 1.82) is 0 Å². The number of ketones is 1. The summed E-state index contributed by atoms with van der Waals surface area (Å²) in [6.45, 7) is 8.96. The Morgan fingerprint density at radius 3 is 2.18 bits per heavy atom. The molecule has 0 saturated carbocycles. The van der Waals surface area contributed by atoms with E-state index in [1.165, 1.54) is 22.5 Å². The Kier molecular flexibility index (Phi) is 9.34. The summed E-state index contributed by atoms with van der Waals surface area (Å²) in [6.07, 6.45) is 2.61. The molecular weight excluding hydrogens is 460 g/mol. The number of hydrogen-bond acceptors (Lipinski definition) is 7. The van der Waals surface area contributed by atoms with E-state index in [2.05, 4.69) is 4.98 Å². The molecule has 0 amide bonds. The number of aryl methyl sites for hydroxylation is 1. The molecule has 2 aromatic rings. The Labute approximate surface area is 199 Å². The number of sulfonamides is 1. The molecule has 0 spiro atoms. The van der Waals surface area contributed by atoms with E-state index >= 15 is 0 Å². The van der Waals surface area contributed by atoms with Gasteiger partial charge in [0.25, 0.3) is 0 Å². The van der Waals surface area contributed by atoms with Gasteiger partial charge in [-0.2, -0.15) is 4.31 Å². The summed E-state index contributed by atoms with van der Waals surface area (Å²) < 4.78 is 36.4. The predicted octanol–water partition coefficient (Wildman–Crippen LogP) is 3.28. The van der Waals surface area contributed by atoms with Crippen LogP contribution in [0.15, 0.2) is 35.2 Å². The number of rotatable bonds is 11. The first-order chi connectivity index (χ1) is 16.1.